The Balaban J connectivity index is 2.95. The summed E-state index contributed by atoms with van der Waals surface area (Å²) >= 11 is 0. The van der Waals surface area contributed by atoms with Gasteiger partial charge in [0.2, 0.25) is 0 Å². The van der Waals surface area contributed by atoms with Gasteiger partial charge in [0.1, 0.15) is 0 Å². The second-order valence-electron chi connectivity index (χ2n) is 3.37. The highest BCUT2D eigenvalue weighted by atomic mass is 19.1. The van der Waals surface area contributed by atoms with Gasteiger partial charge in [-0.3, -0.25) is 4.79 Å². The van der Waals surface area contributed by atoms with Gasteiger partial charge in [-0.15, -0.1) is 0 Å². The van der Waals surface area contributed by atoms with Crippen molar-refractivity contribution in [1.29, 1.82) is 0 Å². The summed E-state index contributed by atoms with van der Waals surface area (Å²) in [5, 5.41) is 0. The van der Waals surface area contributed by atoms with Crippen LogP contribution in [0.5, 0.6) is 0 Å². The summed E-state index contributed by atoms with van der Waals surface area (Å²) in [7, 11) is 0. The first-order chi connectivity index (χ1) is 6.64. The fourth-order valence-electron chi connectivity index (χ4n) is 1.42. The van der Waals surface area contributed by atoms with Gasteiger partial charge in [0.05, 0.1) is 0 Å². The van der Waals surface area contributed by atoms with E-state index in [0.717, 1.165) is 0 Å². The SMILES string of the molecule is CCC(F)(CC)C(=O)c1ccccc1. The molecule has 0 aliphatic carbocycles. The molecule has 0 N–H and O–H groups in total. The van der Waals surface area contributed by atoms with E-state index in [1.165, 1.54) is 0 Å². The van der Waals surface area contributed by atoms with Crippen LogP contribution in [0.4, 0.5) is 4.39 Å². The molecule has 0 aromatic heterocycles. The third-order valence-corrected chi connectivity index (χ3v) is 2.56. The van der Waals surface area contributed by atoms with Crippen LogP contribution in [0, 0.1) is 0 Å². The van der Waals surface area contributed by atoms with E-state index in [-0.39, 0.29) is 12.8 Å². The molecule has 0 amide bonds. The van der Waals surface area contributed by atoms with Gasteiger partial charge in [-0.1, -0.05) is 44.2 Å². The molecule has 0 atom stereocenters. The molecule has 0 unspecified atom stereocenters. The summed E-state index contributed by atoms with van der Waals surface area (Å²) in [5.74, 6) is -0.400. The van der Waals surface area contributed by atoms with Crippen molar-refractivity contribution in [1.82, 2.24) is 0 Å². The molecule has 0 aliphatic rings. The lowest BCUT2D eigenvalue weighted by atomic mass is 9.90. The van der Waals surface area contributed by atoms with E-state index in [2.05, 4.69) is 0 Å². The zero-order chi connectivity index (χ0) is 10.6. The summed E-state index contributed by atoms with van der Waals surface area (Å²) in [6, 6.07) is 8.62. The first kappa shape index (κ1) is 10.9. The van der Waals surface area contributed by atoms with Crippen molar-refractivity contribution in [3.63, 3.8) is 0 Å². The van der Waals surface area contributed by atoms with Gasteiger partial charge in [0.25, 0.3) is 0 Å². The molecule has 1 aromatic carbocycles. The maximum absolute atomic E-state index is 14.0. The standard InChI is InChI=1S/C12H15FO/c1-3-12(13,4-2)11(14)10-8-6-5-7-9-10/h5-9H,3-4H2,1-2H3. The Labute approximate surface area is 83.9 Å². The number of Topliss-reactive ketones (excluding diaryl/α,β-unsaturated/α-hetero) is 1. The first-order valence-electron chi connectivity index (χ1n) is 4.93. The fraction of sp³-hybridized carbons (Fsp3) is 0.417. The summed E-state index contributed by atoms with van der Waals surface area (Å²) in [4.78, 5) is 11.8. The molecule has 0 spiro atoms. The number of carbonyl (C=O) groups is 1. The van der Waals surface area contributed by atoms with Crippen molar-refractivity contribution in [3.8, 4) is 0 Å². The number of ketones is 1. The van der Waals surface area contributed by atoms with E-state index >= 15 is 0 Å². The normalized spacial score (nSPS) is 11.4. The van der Waals surface area contributed by atoms with Gasteiger partial charge in [-0.05, 0) is 12.8 Å². The molecule has 1 nitrogen and oxygen atoms in total. The van der Waals surface area contributed by atoms with Crippen LogP contribution in [-0.2, 0) is 0 Å². The number of hydrogen-bond acceptors (Lipinski definition) is 1. The van der Waals surface area contributed by atoms with Gasteiger partial charge in [-0.2, -0.15) is 0 Å². The first-order valence-corrected chi connectivity index (χ1v) is 4.93. The zero-order valence-corrected chi connectivity index (χ0v) is 8.59. The molecule has 0 radical (unpaired) electrons. The summed E-state index contributed by atoms with van der Waals surface area (Å²) < 4.78 is 14.0. The van der Waals surface area contributed by atoms with E-state index in [1.54, 1.807) is 38.1 Å². The quantitative estimate of drug-likeness (QED) is 0.671. The Kier molecular flexibility index (Phi) is 3.39. The van der Waals surface area contributed by atoms with Crippen LogP contribution in [0.25, 0.3) is 0 Å². The topological polar surface area (TPSA) is 17.1 Å². The summed E-state index contributed by atoms with van der Waals surface area (Å²) in [6.07, 6.45) is 0.467. The van der Waals surface area contributed by atoms with Gasteiger partial charge >= 0.3 is 0 Å². The van der Waals surface area contributed by atoms with E-state index < -0.39 is 11.5 Å². The lowest BCUT2D eigenvalue weighted by Crippen LogP contribution is -2.32. The Morgan fingerprint density at radius 1 is 1.21 bits per heavy atom. The number of rotatable bonds is 4. The molecule has 0 heterocycles. The van der Waals surface area contributed by atoms with E-state index in [4.69, 9.17) is 0 Å². The van der Waals surface area contributed by atoms with Crippen LogP contribution in [0.1, 0.15) is 37.0 Å². The Morgan fingerprint density at radius 2 is 1.71 bits per heavy atom. The Morgan fingerprint density at radius 3 is 2.14 bits per heavy atom. The maximum atomic E-state index is 14.0. The predicted molar refractivity (Wildman–Crippen MR) is 55.2 cm³/mol. The summed E-state index contributed by atoms with van der Waals surface area (Å²) in [5.41, 5.74) is -1.24. The molecule has 76 valence electrons. The van der Waals surface area contributed by atoms with Crippen LogP contribution in [-0.4, -0.2) is 11.5 Å². The third kappa shape index (κ3) is 2.00. The zero-order valence-electron chi connectivity index (χ0n) is 8.59. The van der Waals surface area contributed by atoms with Crippen LogP contribution in [0.3, 0.4) is 0 Å². The van der Waals surface area contributed by atoms with E-state index in [0.29, 0.717) is 5.56 Å². The average Bonchev–Trinajstić information content (AvgIpc) is 2.28. The lowest BCUT2D eigenvalue weighted by Gasteiger charge is -2.20. The second-order valence-corrected chi connectivity index (χ2v) is 3.37. The Hall–Kier alpha value is -1.18. The van der Waals surface area contributed by atoms with E-state index in [1.807, 2.05) is 6.07 Å². The van der Waals surface area contributed by atoms with E-state index in [9.17, 15) is 9.18 Å². The van der Waals surface area contributed by atoms with Crippen molar-refractivity contribution in [2.45, 2.75) is 32.4 Å². The minimum Gasteiger partial charge on any atom is -0.291 e. The molecule has 1 rings (SSSR count). The van der Waals surface area contributed by atoms with Crippen LogP contribution in [0.15, 0.2) is 30.3 Å². The number of alkyl halides is 1. The minimum atomic E-state index is -1.69. The van der Waals surface area contributed by atoms with Crippen molar-refractivity contribution >= 4 is 5.78 Å². The maximum Gasteiger partial charge on any atom is 0.199 e. The number of hydrogen-bond donors (Lipinski definition) is 0. The van der Waals surface area contributed by atoms with Crippen molar-refractivity contribution in [2.75, 3.05) is 0 Å². The van der Waals surface area contributed by atoms with Crippen LogP contribution < -0.4 is 0 Å². The molecule has 2 heteroatoms. The average molecular weight is 194 g/mol. The highest BCUT2D eigenvalue weighted by molar-refractivity contribution is 6.02. The van der Waals surface area contributed by atoms with Crippen molar-refractivity contribution < 1.29 is 9.18 Å². The van der Waals surface area contributed by atoms with Crippen LogP contribution >= 0.6 is 0 Å². The second kappa shape index (κ2) is 4.36. The number of benzene rings is 1. The van der Waals surface area contributed by atoms with Gasteiger partial charge in [0, 0.05) is 5.56 Å². The third-order valence-electron chi connectivity index (χ3n) is 2.56. The van der Waals surface area contributed by atoms with Gasteiger partial charge in [-0.25, -0.2) is 4.39 Å². The predicted octanol–water partition coefficient (Wildman–Crippen LogP) is 3.40. The molecule has 0 saturated heterocycles. The lowest BCUT2D eigenvalue weighted by molar-refractivity contribution is 0.0662. The molecule has 0 bridgehead atoms. The van der Waals surface area contributed by atoms with Crippen molar-refractivity contribution in [3.05, 3.63) is 35.9 Å². The number of halogens is 1. The van der Waals surface area contributed by atoms with Gasteiger partial charge in [0.15, 0.2) is 11.5 Å². The monoisotopic (exact) mass is 194 g/mol. The highest BCUT2D eigenvalue weighted by Gasteiger charge is 2.34. The summed E-state index contributed by atoms with van der Waals surface area (Å²) in [6.45, 7) is 3.40. The van der Waals surface area contributed by atoms with Crippen molar-refractivity contribution in [2.24, 2.45) is 0 Å². The van der Waals surface area contributed by atoms with Crippen LogP contribution in [0.2, 0.25) is 0 Å². The molecule has 14 heavy (non-hydrogen) atoms. The largest absolute Gasteiger partial charge is 0.291 e. The van der Waals surface area contributed by atoms with Gasteiger partial charge < -0.3 is 0 Å². The molecule has 0 aliphatic heterocycles. The number of carbonyl (C=O) groups excluding carboxylic acids is 1. The molecular formula is C12H15FO. The molecule has 1 aromatic rings. The molecule has 0 saturated carbocycles. The minimum absolute atomic E-state index is 0.233. The molecule has 0 fully saturated rings. The molecular weight excluding hydrogens is 179 g/mol. The fourth-order valence-corrected chi connectivity index (χ4v) is 1.42. The smallest absolute Gasteiger partial charge is 0.199 e. The highest BCUT2D eigenvalue weighted by Crippen LogP contribution is 2.25. The Bertz CT molecular complexity index is 301.